The van der Waals surface area contributed by atoms with Gasteiger partial charge in [-0.05, 0) is 60.7 Å². The van der Waals surface area contributed by atoms with E-state index >= 15 is 0 Å². The minimum Gasteiger partial charge on any atom is -0.317 e. The van der Waals surface area contributed by atoms with Crippen LogP contribution in [0.25, 0.3) is 17.1 Å². The Labute approximate surface area is 179 Å². The predicted molar refractivity (Wildman–Crippen MR) is 114 cm³/mol. The highest BCUT2D eigenvalue weighted by Crippen LogP contribution is 2.24. The van der Waals surface area contributed by atoms with Crippen molar-refractivity contribution in [2.75, 3.05) is 5.32 Å². The summed E-state index contributed by atoms with van der Waals surface area (Å²) in [7, 11) is 0. The average Bonchev–Trinajstić information content (AvgIpc) is 3.16. The number of carbonyl (C=O) groups is 1. The molecule has 3 aromatic carbocycles. The second kappa shape index (κ2) is 8.14. The van der Waals surface area contributed by atoms with Crippen LogP contribution in [0, 0.1) is 5.82 Å². The molecule has 0 atom stereocenters. The fraction of sp³-hybridized carbons (Fsp3) is 0. The molecule has 0 unspecified atom stereocenters. The van der Waals surface area contributed by atoms with Gasteiger partial charge in [-0.15, -0.1) is 5.10 Å². The van der Waals surface area contributed by atoms with E-state index in [-0.39, 0.29) is 11.5 Å². The van der Waals surface area contributed by atoms with Crippen LogP contribution in [0.3, 0.4) is 0 Å². The van der Waals surface area contributed by atoms with Crippen LogP contribution >= 0.6 is 27.5 Å². The Morgan fingerprint density at radius 2 is 1.69 bits per heavy atom. The second-order valence-corrected chi connectivity index (χ2v) is 7.44. The zero-order valence-electron chi connectivity index (χ0n) is 14.8. The molecule has 29 heavy (non-hydrogen) atoms. The molecule has 0 bridgehead atoms. The molecule has 0 aliphatic heterocycles. The van der Waals surface area contributed by atoms with Crippen molar-refractivity contribution in [2.24, 2.45) is 0 Å². The molecule has 1 amide bonds. The monoisotopic (exact) mass is 470 g/mol. The van der Waals surface area contributed by atoms with Gasteiger partial charge in [-0.3, -0.25) is 4.79 Å². The standard InChI is InChI=1S/C21H13BrClFN4O/c22-14-7-11-16(12-8-14)28-20(13-5-9-15(23)10-6-13)26-19(27-28)21(29)25-18-4-2-1-3-17(18)24/h1-12H,(H,25,29). The minimum absolute atomic E-state index is 0.0607. The largest absolute Gasteiger partial charge is 0.317 e. The Kier molecular flexibility index (Phi) is 5.42. The van der Waals surface area contributed by atoms with Gasteiger partial charge in [0.05, 0.1) is 11.4 Å². The maximum absolute atomic E-state index is 13.9. The van der Waals surface area contributed by atoms with E-state index in [1.54, 1.807) is 41.1 Å². The van der Waals surface area contributed by atoms with E-state index in [2.05, 4.69) is 31.3 Å². The molecular weight excluding hydrogens is 459 g/mol. The first-order chi connectivity index (χ1) is 14.0. The van der Waals surface area contributed by atoms with Gasteiger partial charge in [0.15, 0.2) is 5.82 Å². The van der Waals surface area contributed by atoms with Gasteiger partial charge in [-0.25, -0.2) is 14.1 Å². The third kappa shape index (κ3) is 4.21. The number of rotatable bonds is 4. The van der Waals surface area contributed by atoms with Crippen molar-refractivity contribution in [1.82, 2.24) is 14.8 Å². The average molecular weight is 472 g/mol. The van der Waals surface area contributed by atoms with Gasteiger partial charge in [-0.1, -0.05) is 39.7 Å². The predicted octanol–water partition coefficient (Wildman–Crippen LogP) is 5.74. The van der Waals surface area contributed by atoms with Crippen LogP contribution in [0.2, 0.25) is 5.02 Å². The van der Waals surface area contributed by atoms with Gasteiger partial charge >= 0.3 is 0 Å². The molecular formula is C21H13BrClFN4O. The van der Waals surface area contributed by atoms with E-state index < -0.39 is 11.7 Å². The van der Waals surface area contributed by atoms with Crippen LogP contribution < -0.4 is 5.32 Å². The van der Waals surface area contributed by atoms with E-state index in [1.807, 2.05) is 24.3 Å². The van der Waals surface area contributed by atoms with Crippen LogP contribution in [0.1, 0.15) is 10.6 Å². The zero-order valence-corrected chi connectivity index (χ0v) is 17.2. The summed E-state index contributed by atoms with van der Waals surface area (Å²) in [5.41, 5.74) is 1.51. The molecule has 144 valence electrons. The van der Waals surface area contributed by atoms with E-state index in [1.165, 1.54) is 12.1 Å². The van der Waals surface area contributed by atoms with Gasteiger partial charge in [0.25, 0.3) is 5.91 Å². The van der Waals surface area contributed by atoms with Gasteiger partial charge < -0.3 is 5.32 Å². The molecule has 4 aromatic rings. The lowest BCUT2D eigenvalue weighted by molar-refractivity contribution is 0.101. The summed E-state index contributed by atoms with van der Waals surface area (Å²) in [6, 6.07) is 20.4. The molecule has 1 aromatic heterocycles. The van der Waals surface area contributed by atoms with Crippen molar-refractivity contribution >= 4 is 39.1 Å². The Hall–Kier alpha value is -3.03. The Morgan fingerprint density at radius 1 is 1.00 bits per heavy atom. The number of hydrogen-bond donors (Lipinski definition) is 1. The summed E-state index contributed by atoms with van der Waals surface area (Å²) >= 11 is 9.39. The molecule has 1 N–H and O–H groups in total. The summed E-state index contributed by atoms with van der Waals surface area (Å²) in [4.78, 5) is 17.1. The molecule has 5 nitrogen and oxygen atoms in total. The van der Waals surface area contributed by atoms with Crippen molar-refractivity contribution in [3.05, 3.63) is 93.9 Å². The topological polar surface area (TPSA) is 59.8 Å². The summed E-state index contributed by atoms with van der Waals surface area (Å²) in [5.74, 6) is -0.768. The number of nitrogens with one attached hydrogen (secondary N) is 1. The highest BCUT2D eigenvalue weighted by molar-refractivity contribution is 9.10. The van der Waals surface area contributed by atoms with E-state index in [0.29, 0.717) is 10.8 Å². The lowest BCUT2D eigenvalue weighted by Crippen LogP contribution is -2.15. The first kappa shape index (κ1) is 19.3. The molecule has 0 saturated heterocycles. The van der Waals surface area contributed by atoms with Crippen molar-refractivity contribution < 1.29 is 9.18 Å². The highest BCUT2D eigenvalue weighted by Gasteiger charge is 2.19. The normalized spacial score (nSPS) is 10.7. The molecule has 0 fully saturated rings. The second-order valence-electron chi connectivity index (χ2n) is 6.09. The van der Waals surface area contributed by atoms with Crippen molar-refractivity contribution in [3.63, 3.8) is 0 Å². The van der Waals surface area contributed by atoms with Crippen molar-refractivity contribution in [2.45, 2.75) is 0 Å². The minimum atomic E-state index is -0.610. The number of anilines is 1. The lowest BCUT2D eigenvalue weighted by atomic mass is 10.2. The third-order valence-electron chi connectivity index (χ3n) is 4.11. The van der Waals surface area contributed by atoms with Gasteiger partial charge in [0.1, 0.15) is 5.82 Å². The van der Waals surface area contributed by atoms with Crippen molar-refractivity contribution in [3.8, 4) is 17.1 Å². The maximum Gasteiger partial charge on any atom is 0.295 e. The molecule has 0 aliphatic carbocycles. The van der Waals surface area contributed by atoms with Crippen molar-refractivity contribution in [1.29, 1.82) is 0 Å². The SMILES string of the molecule is O=C(Nc1ccccc1F)c1nc(-c2ccc(Cl)cc2)n(-c2ccc(Br)cc2)n1. The van der Waals surface area contributed by atoms with Gasteiger partial charge in [0, 0.05) is 15.1 Å². The summed E-state index contributed by atoms with van der Waals surface area (Å²) in [6.07, 6.45) is 0. The van der Waals surface area contributed by atoms with Crippen LogP contribution in [-0.4, -0.2) is 20.7 Å². The summed E-state index contributed by atoms with van der Waals surface area (Å²) < 4.78 is 16.3. The Balaban J connectivity index is 1.76. The zero-order chi connectivity index (χ0) is 20.4. The Morgan fingerprint density at radius 3 is 2.38 bits per heavy atom. The van der Waals surface area contributed by atoms with Gasteiger partial charge in [0.2, 0.25) is 5.82 Å². The number of halogens is 3. The summed E-state index contributed by atoms with van der Waals surface area (Å²) in [5, 5.41) is 7.45. The number of carbonyl (C=O) groups excluding carboxylic acids is 1. The Bertz CT molecular complexity index is 1110. The third-order valence-corrected chi connectivity index (χ3v) is 4.89. The van der Waals surface area contributed by atoms with Crippen LogP contribution in [0.4, 0.5) is 10.1 Å². The molecule has 1 heterocycles. The number of amides is 1. The smallest absolute Gasteiger partial charge is 0.295 e. The maximum atomic E-state index is 13.9. The van der Waals surface area contributed by atoms with Crippen LogP contribution in [0.15, 0.2) is 77.3 Å². The molecule has 8 heteroatoms. The summed E-state index contributed by atoms with van der Waals surface area (Å²) in [6.45, 7) is 0. The molecule has 0 saturated carbocycles. The number of benzene rings is 3. The fourth-order valence-electron chi connectivity index (χ4n) is 2.70. The molecule has 4 rings (SSSR count). The molecule has 0 radical (unpaired) electrons. The van der Waals surface area contributed by atoms with E-state index in [0.717, 1.165) is 15.7 Å². The van der Waals surface area contributed by atoms with Gasteiger partial charge in [-0.2, -0.15) is 0 Å². The van der Waals surface area contributed by atoms with Crippen LogP contribution in [0.5, 0.6) is 0 Å². The highest BCUT2D eigenvalue weighted by atomic mass is 79.9. The lowest BCUT2D eigenvalue weighted by Gasteiger charge is -2.06. The number of aromatic nitrogens is 3. The number of hydrogen-bond acceptors (Lipinski definition) is 3. The molecule has 0 aliphatic rings. The fourth-order valence-corrected chi connectivity index (χ4v) is 3.09. The molecule has 0 spiro atoms. The number of nitrogens with zero attached hydrogens (tertiary/aromatic N) is 3. The van der Waals surface area contributed by atoms with E-state index in [4.69, 9.17) is 11.6 Å². The first-order valence-electron chi connectivity index (χ1n) is 8.56. The van der Waals surface area contributed by atoms with Crippen LogP contribution in [-0.2, 0) is 0 Å². The number of para-hydroxylation sites is 1. The quantitative estimate of drug-likeness (QED) is 0.413. The first-order valence-corrected chi connectivity index (χ1v) is 9.73. The van der Waals surface area contributed by atoms with E-state index in [9.17, 15) is 9.18 Å².